The third-order valence-electron chi connectivity index (χ3n) is 2.97. The SMILES string of the molecule is Nc1ccc(F)c(C(=O)Nc2cnc3n[nH]c(Br)c3c2)c1F. The Morgan fingerprint density at radius 3 is 2.91 bits per heavy atom. The van der Waals surface area contributed by atoms with E-state index in [-0.39, 0.29) is 11.4 Å². The molecule has 0 aliphatic heterocycles. The van der Waals surface area contributed by atoms with Crippen LogP contribution in [0.3, 0.4) is 0 Å². The Bertz CT molecular complexity index is 896. The Morgan fingerprint density at radius 1 is 1.36 bits per heavy atom. The summed E-state index contributed by atoms with van der Waals surface area (Å²) in [6, 6.07) is 3.55. The van der Waals surface area contributed by atoms with Crippen LogP contribution in [0, 0.1) is 11.6 Å². The maximum absolute atomic E-state index is 13.8. The van der Waals surface area contributed by atoms with Crippen molar-refractivity contribution in [3.63, 3.8) is 0 Å². The van der Waals surface area contributed by atoms with E-state index in [0.717, 1.165) is 12.1 Å². The number of nitrogens with zero attached hydrogens (tertiary/aromatic N) is 2. The number of benzene rings is 1. The van der Waals surface area contributed by atoms with Gasteiger partial charge < -0.3 is 11.1 Å². The number of halogens is 3. The van der Waals surface area contributed by atoms with Gasteiger partial charge in [0.1, 0.15) is 16.0 Å². The summed E-state index contributed by atoms with van der Waals surface area (Å²) in [5, 5.41) is 9.57. The van der Waals surface area contributed by atoms with Gasteiger partial charge in [-0.1, -0.05) is 0 Å². The first-order valence-corrected chi connectivity index (χ1v) is 6.81. The van der Waals surface area contributed by atoms with E-state index in [2.05, 4.69) is 36.4 Å². The molecule has 4 N–H and O–H groups in total. The van der Waals surface area contributed by atoms with Gasteiger partial charge in [-0.15, -0.1) is 0 Å². The minimum absolute atomic E-state index is 0.265. The van der Waals surface area contributed by atoms with Crippen molar-refractivity contribution in [1.82, 2.24) is 15.2 Å². The van der Waals surface area contributed by atoms with Crippen LogP contribution >= 0.6 is 15.9 Å². The van der Waals surface area contributed by atoms with Crippen LogP contribution in [0.4, 0.5) is 20.2 Å². The summed E-state index contributed by atoms with van der Waals surface area (Å²) in [5.74, 6) is -3.05. The van der Waals surface area contributed by atoms with Gasteiger partial charge in [0, 0.05) is 0 Å². The lowest BCUT2D eigenvalue weighted by atomic mass is 10.1. The van der Waals surface area contributed by atoms with Gasteiger partial charge >= 0.3 is 0 Å². The number of aromatic amines is 1. The van der Waals surface area contributed by atoms with Crippen LogP contribution in [0.15, 0.2) is 29.0 Å². The Labute approximate surface area is 130 Å². The third kappa shape index (κ3) is 2.39. The van der Waals surface area contributed by atoms with Crippen molar-refractivity contribution >= 4 is 44.2 Å². The summed E-state index contributed by atoms with van der Waals surface area (Å²) in [6.45, 7) is 0. The molecule has 0 fully saturated rings. The fraction of sp³-hybridized carbons (Fsp3) is 0. The maximum Gasteiger partial charge on any atom is 0.261 e. The first kappa shape index (κ1) is 14.4. The van der Waals surface area contributed by atoms with Crippen LogP contribution in [0.25, 0.3) is 11.0 Å². The number of amides is 1. The molecule has 22 heavy (non-hydrogen) atoms. The molecule has 0 aliphatic rings. The molecular weight excluding hydrogens is 360 g/mol. The minimum Gasteiger partial charge on any atom is -0.396 e. The zero-order valence-electron chi connectivity index (χ0n) is 10.8. The van der Waals surface area contributed by atoms with Crippen molar-refractivity contribution < 1.29 is 13.6 Å². The molecular formula is C13H8BrF2N5O. The Hall–Kier alpha value is -2.55. The molecule has 9 heteroatoms. The predicted octanol–water partition coefficient (Wildman–Crippen LogP) is 2.83. The first-order chi connectivity index (χ1) is 10.5. The summed E-state index contributed by atoms with van der Waals surface area (Å²) in [4.78, 5) is 16.1. The summed E-state index contributed by atoms with van der Waals surface area (Å²) >= 11 is 3.24. The minimum atomic E-state index is -1.10. The number of carbonyl (C=O) groups excluding carboxylic acids is 1. The summed E-state index contributed by atoms with van der Waals surface area (Å²) < 4.78 is 28.1. The quantitative estimate of drug-likeness (QED) is 0.606. The molecule has 2 aromatic heterocycles. The predicted molar refractivity (Wildman–Crippen MR) is 80.3 cm³/mol. The maximum atomic E-state index is 13.8. The van der Waals surface area contributed by atoms with E-state index in [1.807, 2.05) is 0 Å². The number of anilines is 2. The van der Waals surface area contributed by atoms with E-state index in [1.54, 1.807) is 6.07 Å². The zero-order valence-corrected chi connectivity index (χ0v) is 12.4. The number of hydrogen-bond donors (Lipinski definition) is 3. The van der Waals surface area contributed by atoms with Gasteiger partial charge in [0.05, 0.1) is 23.0 Å². The monoisotopic (exact) mass is 367 g/mol. The topological polar surface area (TPSA) is 96.7 Å². The van der Waals surface area contributed by atoms with Gasteiger partial charge in [-0.2, -0.15) is 5.10 Å². The molecule has 3 rings (SSSR count). The van der Waals surface area contributed by atoms with E-state index in [1.165, 1.54) is 6.20 Å². The van der Waals surface area contributed by atoms with E-state index < -0.39 is 23.1 Å². The Balaban J connectivity index is 1.96. The molecule has 2 heterocycles. The number of nitrogens with one attached hydrogen (secondary N) is 2. The number of nitrogen functional groups attached to an aromatic ring is 1. The number of hydrogen-bond acceptors (Lipinski definition) is 4. The second-order valence-electron chi connectivity index (χ2n) is 4.41. The van der Waals surface area contributed by atoms with Crippen molar-refractivity contribution in [1.29, 1.82) is 0 Å². The third-order valence-corrected chi connectivity index (χ3v) is 3.57. The fourth-order valence-electron chi connectivity index (χ4n) is 1.91. The van der Waals surface area contributed by atoms with E-state index in [4.69, 9.17) is 5.73 Å². The number of pyridine rings is 1. The standard InChI is InChI=1S/C13H8BrF2N5O/c14-11-6-3-5(4-18-12(6)21-20-11)19-13(22)9-7(15)1-2-8(17)10(9)16/h1-4H,17H2,(H,19,22)(H,18,20,21). The highest BCUT2D eigenvalue weighted by Crippen LogP contribution is 2.24. The summed E-state index contributed by atoms with van der Waals surface area (Å²) in [7, 11) is 0. The lowest BCUT2D eigenvalue weighted by Crippen LogP contribution is -2.17. The first-order valence-electron chi connectivity index (χ1n) is 6.02. The molecule has 0 atom stereocenters. The average molecular weight is 368 g/mol. The van der Waals surface area contributed by atoms with Gasteiger partial charge in [0.15, 0.2) is 11.5 Å². The number of fused-ring (bicyclic) bond motifs is 1. The van der Waals surface area contributed by atoms with Crippen LogP contribution in [0.1, 0.15) is 10.4 Å². The largest absolute Gasteiger partial charge is 0.396 e. The number of aromatic nitrogens is 3. The molecule has 1 amide bonds. The van der Waals surface area contributed by atoms with Gasteiger partial charge in [-0.05, 0) is 34.1 Å². The molecule has 0 saturated carbocycles. The van der Waals surface area contributed by atoms with Crippen molar-refractivity contribution in [2.45, 2.75) is 0 Å². The number of nitrogens with two attached hydrogens (primary N) is 1. The zero-order chi connectivity index (χ0) is 15.9. The highest BCUT2D eigenvalue weighted by molar-refractivity contribution is 9.10. The molecule has 0 aliphatic carbocycles. The van der Waals surface area contributed by atoms with Crippen LogP contribution in [0.5, 0.6) is 0 Å². The molecule has 1 aromatic carbocycles. The second-order valence-corrected chi connectivity index (χ2v) is 5.21. The molecule has 112 valence electrons. The highest BCUT2D eigenvalue weighted by atomic mass is 79.9. The van der Waals surface area contributed by atoms with Crippen molar-refractivity contribution in [2.24, 2.45) is 0 Å². The van der Waals surface area contributed by atoms with Crippen LogP contribution < -0.4 is 11.1 Å². The van der Waals surface area contributed by atoms with Crippen LogP contribution in [-0.4, -0.2) is 21.1 Å². The van der Waals surface area contributed by atoms with Gasteiger partial charge in [0.25, 0.3) is 5.91 Å². The van der Waals surface area contributed by atoms with Gasteiger partial charge in [0.2, 0.25) is 0 Å². The summed E-state index contributed by atoms with van der Waals surface area (Å²) in [6.07, 6.45) is 1.33. The van der Waals surface area contributed by atoms with Crippen molar-refractivity contribution in [3.8, 4) is 0 Å². The molecule has 0 radical (unpaired) electrons. The average Bonchev–Trinajstić information content (AvgIpc) is 2.85. The van der Waals surface area contributed by atoms with E-state index in [9.17, 15) is 13.6 Å². The van der Waals surface area contributed by atoms with E-state index in [0.29, 0.717) is 15.6 Å². The Morgan fingerprint density at radius 2 is 2.14 bits per heavy atom. The number of carbonyl (C=O) groups is 1. The van der Waals surface area contributed by atoms with Crippen LogP contribution in [0.2, 0.25) is 0 Å². The fourth-order valence-corrected chi connectivity index (χ4v) is 2.29. The summed E-state index contributed by atoms with van der Waals surface area (Å²) in [5.41, 5.74) is 5.00. The number of rotatable bonds is 2. The molecule has 3 aromatic rings. The van der Waals surface area contributed by atoms with Crippen molar-refractivity contribution in [3.05, 3.63) is 46.2 Å². The van der Waals surface area contributed by atoms with Gasteiger partial charge in [-0.3, -0.25) is 9.89 Å². The normalized spacial score (nSPS) is 10.9. The molecule has 0 bridgehead atoms. The Kier molecular flexibility index (Phi) is 3.49. The lowest BCUT2D eigenvalue weighted by molar-refractivity contribution is 0.101. The van der Waals surface area contributed by atoms with Crippen molar-refractivity contribution in [2.75, 3.05) is 11.1 Å². The molecule has 0 spiro atoms. The van der Waals surface area contributed by atoms with E-state index >= 15 is 0 Å². The highest BCUT2D eigenvalue weighted by Gasteiger charge is 2.20. The molecule has 0 unspecified atom stereocenters. The van der Waals surface area contributed by atoms with Crippen LogP contribution in [-0.2, 0) is 0 Å². The molecule has 6 nitrogen and oxygen atoms in total. The number of H-pyrrole nitrogens is 1. The second kappa shape index (κ2) is 5.34. The smallest absolute Gasteiger partial charge is 0.261 e. The van der Waals surface area contributed by atoms with Gasteiger partial charge in [-0.25, -0.2) is 13.8 Å². The molecule has 0 saturated heterocycles. The lowest BCUT2D eigenvalue weighted by Gasteiger charge is -2.08.